The van der Waals surface area contributed by atoms with Gasteiger partial charge >= 0.3 is 0 Å². The highest BCUT2D eigenvalue weighted by molar-refractivity contribution is 7.89. The van der Waals surface area contributed by atoms with Crippen molar-refractivity contribution in [1.82, 2.24) is 9.71 Å². The van der Waals surface area contributed by atoms with Gasteiger partial charge in [0.2, 0.25) is 10.0 Å². The van der Waals surface area contributed by atoms with Gasteiger partial charge in [-0.2, -0.15) is 0 Å². The molecule has 0 aliphatic heterocycles. The quantitative estimate of drug-likeness (QED) is 0.797. The third-order valence-electron chi connectivity index (χ3n) is 2.78. The molecule has 1 aromatic heterocycles. The van der Waals surface area contributed by atoms with Gasteiger partial charge in [0.1, 0.15) is 4.99 Å². The first kappa shape index (κ1) is 16.3. The van der Waals surface area contributed by atoms with Crippen LogP contribution in [0.1, 0.15) is 16.1 Å². The van der Waals surface area contributed by atoms with Crippen LogP contribution in [-0.4, -0.2) is 18.4 Å². The molecule has 0 aliphatic rings. The number of hydrogen-bond donors (Lipinski definition) is 2. The summed E-state index contributed by atoms with van der Waals surface area (Å²) >= 11 is 12.2. The zero-order valence-electron chi connectivity index (χ0n) is 11.0. The third kappa shape index (κ3) is 3.78. The first-order chi connectivity index (χ1) is 9.81. The molecule has 0 amide bonds. The predicted molar refractivity (Wildman–Crippen MR) is 88.2 cm³/mol. The Kier molecular flexibility index (Phi) is 4.95. The highest BCUT2D eigenvalue weighted by Gasteiger charge is 2.17. The van der Waals surface area contributed by atoms with E-state index in [1.807, 2.05) is 6.92 Å². The van der Waals surface area contributed by atoms with Crippen LogP contribution >= 0.6 is 35.2 Å². The lowest BCUT2D eigenvalue weighted by Crippen LogP contribution is -2.23. The summed E-state index contributed by atoms with van der Waals surface area (Å²) < 4.78 is 27.0. The monoisotopic (exact) mass is 361 g/mol. The maximum atomic E-state index is 12.2. The molecule has 3 N–H and O–H groups in total. The molecule has 0 aliphatic carbocycles. The number of rotatable bonds is 5. The van der Waals surface area contributed by atoms with Crippen molar-refractivity contribution in [3.05, 3.63) is 44.9 Å². The van der Waals surface area contributed by atoms with Crippen LogP contribution in [-0.2, 0) is 16.6 Å². The first-order valence-electron chi connectivity index (χ1n) is 5.79. The van der Waals surface area contributed by atoms with Crippen molar-refractivity contribution in [2.75, 3.05) is 0 Å². The number of nitrogens with one attached hydrogen (secondary N) is 1. The summed E-state index contributed by atoms with van der Waals surface area (Å²) in [5, 5.41) is 0.208. The van der Waals surface area contributed by atoms with Crippen LogP contribution in [0.5, 0.6) is 0 Å². The zero-order valence-corrected chi connectivity index (χ0v) is 14.2. The van der Waals surface area contributed by atoms with E-state index < -0.39 is 10.0 Å². The molecule has 5 nitrogen and oxygen atoms in total. The van der Waals surface area contributed by atoms with Crippen molar-refractivity contribution < 1.29 is 8.42 Å². The minimum atomic E-state index is -3.66. The molecule has 2 aromatic rings. The van der Waals surface area contributed by atoms with Crippen molar-refractivity contribution in [3.63, 3.8) is 0 Å². The Labute approximate surface area is 137 Å². The Hall–Kier alpha value is -1.06. The van der Waals surface area contributed by atoms with Crippen LogP contribution in [0.2, 0.25) is 5.02 Å². The third-order valence-corrected chi connectivity index (χ3v) is 5.65. The largest absolute Gasteiger partial charge is 0.389 e. The molecule has 2 rings (SSSR count). The second-order valence-electron chi connectivity index (χ2n) is 4.19. The molecule has 0 saturated heterocycles. The Bertz CT molecular complexity index is 787. The number of thiazole rings is 1. The van der Waals surface area contributed by atoms with Crippen LogP contribution in [0.15, 0.2) is 28.6 Å². The lowest BCUT2D eigenvalue weighted by atomic mass is 10.2. The van der Waals surface area contributed by atoms with E-state index in [1.54, 1.807) is 5.51 Å². The van der Waals surface area contributed by atoms with E-state index in [2.05, 4.69) is 9.71 Å². The summed E-state index contributed by atoms with van der Waals surface area (Å²) in [6.07, 6.45) is 0. The average Bonchev–Trinajstić information content (AvgIpc) is 2.81. The normalized spacial score (nSPS) is 11.5. The Morgan fingerprint density at radius 3 is 2.76 bits per heavy atom. The molecule has 0 fully saturated rings. The molecule has 0 bridgehead atoms. The number of sulfonamides is 1. The van der Waals surface area contributed by atoms with Crippen LogP contribution < -0.4 is 10.5 Å². The van der Waals surface area contributed by atoms with Gasteiger partial charge in [0.25, 0.3) is 0 Å². The minimum Gasteiger partial charge on any atom is -0.389 e. The number of benzene rings is 1. The summed E-state index contributed by atoms with van der Waals surface area (Å²) in [4.78, 5) is 5.12. The number of thiocarbonyl (C=S) groups is 1. The summed E-state index contributed by atoms with van der Waals surface area (Å²) in [5.41, 5.74) is 8.42. The number of aromatic nitrogens is 1. The van der Waals surface area contributed by atoms with E-state index in [1.165, 1.54) is 29.5 Å². The Morgan fingerprint density at radius 2 is 2.24 bits per heavy atom. The van der Waals surface area contributed by atoms with E-state index >= 15 is 0 Å². The Balaban J connectivity index is 2.22. The molecule has 0 radical (unpaired) electrons. The predicted octanol–water partition coefficient (Wildman–Crippen LogP) is 2.22. The van der Waals surface area contributed by atoms with Crippen molar-refractivity contribution in [3.8, 4) is 0 Å². The van der Waals surface area contributed by atoms with E-state index in [-0.39, 0.29) is 21.5 Å². The minimum absolute atomic E-state index is 0.0645. The fourth-order valence-electron chi connectivity index (χ4n) is 1.60. The summed E-state index contributed by atoms with van der Waals surface area (Å²) in [5.74, 6) is 0. The number of halogens is 1. The summed E-state index contributed by atoms with van der Waals surface area (Å²) in [6.45, 7) is 2.02. The Morgan fingerprint density at radius 1 is 1.52 bits per heavy atom. The lowest BCUT2D eigenvalue weighted by Gasteiger charge is -2.08. The van der Waals surface area contributed by atoms with E-state index in [0.29, 0.717) is 5.56 Å². The van der Waals surface area contributed by atoms with Gasteiger partial charge in [-0.25, -0.2) is 18.1 Å². The number of aryl methyl sites for hydroxylation is 1. The first-order valence-corrected chi connectivity index (χ1v) is 8.94. The smallest absolute Gasteiger partial charge is 0.240 e. The van der Waals surface area contributed by atoms with Crippen LogP contribution in [0, 0.1) is 6.92 Å². The molecule has 0 spiro atoms. The molecule has 1 aromatic carbocycles. The van der Waals surface area contributed by atoms with Crippen molar-refractivity contribution in [2.45, 2.75) is 18.4 Å². The molecule has 21 heavy (non-hydrogen) atoms. The van der Waals surface area contributed by atoms with E-state index in [4.69, 9.17) is 29.6 Å². The van der Waals surface area contributed by atoms with E-state index in [9.17, 15) is 8.42 Å². The van der Waals surface area contributed by atoms with Crippen LogP contribution in [0.3, 0.4) is 0 Å². The second kappa shape index (κ2) is 6.37. The molecular weight excluding hydrogens is 350 g/mol. The topological polar surface area (TPSA) is 85.1 Å². The average molecular weight is 362 g/mol. The molecular formula is C12H12ClN3O2S3. The standard InChI is InChI=1S/C12H12ClN3O2S3/c1-7-11(20-6-15-7)5-16-21(17,18)8-2-3-9(12(14)19)10(13)4-8/h2-4,6,16H,5H2,1H3,(H2,14,19). The maximum Gasteiger partial charge on any atom is 0.240 e. The number of nitrogens with zero attached hydrogens (tertiary/aromatic N) is 1. The molecule has 0 saturated carbocycles. The van der Waals surface area contributed by atoms with Crippen LogP contribution in [0.25, 0.3) is 0 Å². The maximum absolute atomic E-state index is 12.2. The van der Waals surface area contributed by atoms with Crippen molar-refractivity contribution in [2.24, 2.45) is 5.73 Å². The van der Waals surface area contributed by atoms with Gasteiger partial charge in [-0.3, -0.25) is 0 Å². The highest BCUT2D eigenvalue weighted by atomic mass is 35.5. The molecule has 0 atom stereocenters. The van der Waals surface area contributed by atoms with Crippen LogP contribution in [0.4, 0.5) is 0 Å². The molecule has 9 heteroatoms. The van der Waals surface area contributed by atoms with Gasteiger partial charge in [-0.1, -0.05) is 23.8 Å². The lowest BCUT2D eigenvalue weighted by molar-refractivity contribution is 0.581. The van der Waals surface area contributed by atoms with Gasteiger partial charge in [0.05, 0.1) is 21.1 Å². The zero-order chi connectivity index (χ0) is 15.6. The summed E-state index contributed by atoms with van der Waals surface area (Å²) in [7, 11) is -3.66. The number of hydrogen-bond acceptors (Lipinski definition) is 5. The molecule has 0 unspecified atom stereocenters. The number of nitrogens with two attached hydrogens (primary N) is 1. The molecule has 1 heterocycles. The van der Waals surface area contributed by atoms with Gasteiger partial charge in [0, 0.05) is 17.0 Å². The van der Waals surface area contributed by atoms with Gasteiger partial charge in [-0.05, 0) is 25.1 Å². The van der Waals surface area contributed by atoms with Gasteiger partial charge in [0.15, 0.2) is 0 Å². The van der Waals surface area contributed by atoms with Gasteiger partial charge < -0.3 is 5.73 Å². The van der Waals surface area contributed by atoms with Gasteiger partial charge in [-0.15, -0.1) is 11.3 Å². The second-order valence-corrected chi connectivity index (χ2v) is 7.74. The fourth-order valence-corrected chi connectivity index (χ4v) is 4.01. The van der Waals surface area contributed by atoms with Crippen molar-refractivity contribution >= 4 is 50.2 Å². The van der Waals surface area contributed by atoms with Crippen molar-refractivity contribution in [1.29, 1.82) is 0 Å². The summed E-state index contributed by atoms with van der Waals surface area (Å²) in [6, 6.07) is 4.25. The molecule has 112 valence electrons. The SMILES string of the molecule is Cc1ncsc1CNS(=O)(=O)c1ccc(C(N)=S)c(Cl)c1. The fraction of sp³-hybridized carbons (Fsp3) is 0.167. The highest BCUT2D eigenvalue weighted by Crippen LogP contribution is 2.21. The van der Waals surface area contributed by atoms with E-state index in [0.717, 1.165) is 10.6 Å².